The molecule has 5 nitrogen and oxygen atoms in total. The summed E-state index contributed by atoms with van der Waals surface area (Å²) in [4.78, 5) is 6.61. The molecule has 2 aromatic rings. The fourth-order valence-electron chi connectivity index (χ4n) is 2.66. The van der Waals surface area contributed by atoms with Gasteiger partial charge in [-0.25, -0.2) is 4.98 Å². The molecule has 0 aliphatic carbocycles. The summed E-state index contributed by atoms with van der Waals surface area (Å²) in [6.45, 7) is 10.6. The lowest BCUT2D eigenvalue weighted by Crippen LogP contribution is -2.23. The number of halogens is 1. The molecule has 2 aromatic heterocycles. The Morgan fingerprint density at radius 3 is 2.56 bits per heavy atom. The van der Waals surface area contributed by atoms with E-state index in [0.29, 0.717) is 12.6 Å². The molecule has 1 unspecified atom stereocenters. The average molecular weight is 428 g/mol. The molecule has 0 N–H and O–H groups in total. The van der Waals surface area contributed by atoms with Gasteiger partial charge in [0, 0.05) is 42.5 Å². The first-order valence-electron chi connectivity index (χ1n) is 8.61. The molecule has 0 aromatic carbocycles. The number of rotatable bonds is 8. The fraction of sp³-hybridized carbons (Fsp3) is 0.611. The van der Waals surface area contributed by atoms with Crippen molar-refractivity contribution in [1.29, 1.82) is 0 Å². The Balaban J connectivity index is 2.42. The van der Waals surface area contributed by atoms with Crippen LogP contribution in [-0.4, -0.2) is 50.3 Å². The molecular formula is C18H30BrN3O2Si. The van der Waals surface area contributed by atoms with E-state index in [4.69, 9.17) is 9.47 Å². The Morgan fingerprint density at radius 2 is 2.00 bits per heavy atom. The van der Waals surface area contributed by atoms with Crippen LogP contribution in [0.2, 0.25) is 25.7 Å². The molecule has 7 heteroatoms. The van der Waals surface area contributed by atoms with Gasteiger partial charge in [-0.2, -0.15) is 0 Å². The normalized spacial score (nSPS) is 13.6. The van der Waals surface area contributed by atoms with Crippen molar-refractivity contribution in [2.45, 2.75) is 45.4 Å². The maximum absolute atomic E-state index is 6.05. The zero-order valence-corrected chi connectivity index (χ0v) is 19.0. The van der Waals surface area contributed by atoms with E-state index in [-0.39, 0.29) is 6.04 Å². The molecule has 1 atom stereocenters. The van der Waals surface area contributed by atoms with Gasteiger partial charge in [0.05, 0.1) is 7.11 Å². The topological polar surface area (TPSA) is 39.5 Å². The number of hydrogen-bond donors (Lipinski definition) is 0. The summed E-state index contributed by atoms with van der Waals surface area (Å²) in [6, 6.07) is 3.62. The molecule has 0 spiro atoms. The van der Waals surface area contributed by atoms with E-state index < -0.39 is 8.07 Å². The Bertz CT molecular complexity index is 725. The predicted molar refractivity (Wildman–Crippen MR) is 110 cm³/mol. The number of aromatic nitrogens is 2. The predicted octanol–water partition coefficient (Wildman–Crippen LogP) is 4.74. The SMILES string of the molecule is COc1ncc(Br)c2cc(C(C)N(C)C)n(COCC[Si](C)(C)C)c12. The molecule has 0 saturated carbocycles. The minimum absolute atomic E-state index is 0.254. The van der Waals surface area contributed by atoms with Gasteiger partial charge in [0.2, 0.25) is 5.88 Å². The van der Waals surface area contributed by atoms with E-state index in [1.807, 2.05) is 0 Å². The lowest BCUT2D eigenvalue weighted by Gasteiger charge is -2.23. The fourth-order valence-corrected chi connectivity index (χ4v) is 3.82. The molecule has 0 radical (unpaired) electrons. The van der Waals surface area contributed by atoms with E-state index in [9.17, 15) is 0 Å². The van der Waals surface area contributed by atoms with Crippen molar-refractivity contribution in [2.75, 3.05) is 27.8 Å². The first-order chi connectivity index (χ1) is 11.7. The minimum Gasteiger partial charge on any atom is -0.479 e. The second kappa shape index (κ2) is 8.20. The molecule has 0 aliphatic rings. The van der Waals surface area contributed by atoms with Gasteiger partial charge in [-0.05, 0) is 49.1 Å². The van der Waals surface area contributed by atoms with Crippen LogP contribution >= 0.6 is 15.9 Å². The second-order valence-corrected chi connectivity index (χ2v) is 14.3. The third-order valence-corrected chi connectivity index (χ3v) is 6.83. The van der Waals surface area contributed by atoms with Gasteiger partial charge < -0.3 is 18.9 Å². The number of pyridine rings is 1. The Labute approximate surface area is 160 Å². The van der Waals surface area contributed by atoms with Crippen molar-refractivity contribution in [2.24, 2.45) is 0 Å². The smallest absolute Gasteiger partial charge is 0.238 e. The van der Waals surface area contributed by atoms with Crippen molar-refractivity contribution in [3.8, 4) is 5.88 Å². The molecule has 2 heterocycles. The molecule has 0 saturated heterocycles. The van der Waals surface area contributed by atoms with Gasteiger partial charge in [0.25, 0.3) is 0 Å². The van der Waals surface area contributed by atoms with Crippen LogP contribution in [0.4, 0.5) is 0 Å². The van der Waals surface area contributed by atoms with Crippen LogP contribution in [-0.2, 0) is 11.5 Å². The van der Waals surface area contributed by atoms with Gasteiger partial charge >= 0.3 is 0 Å². The zero-order chi connectivity index (χ0) is 18.8. The highest BCUT2D eigenvalue weighted by atomic mass is 79.9. The number of methoxy groups -OCH3 is 1. The van der Waals surface area contributed by atoms with Gasteiger partial charge in [0.1, 0.15) is 12.2 Å². The van der Waals surface area contributed by atoms with Crippen LogP contribution in [0.3, 0.4) is 0 Å². The number of nitrogens with zero attached hydrogens (tertiary/aromatic N) is 3. The van der Waals surface area contributed by atoms with Gasteiger partial charge in [-0.1, -0.05) is 19.6 Å². The van der Waals surface area contributed by atoms with Crippen molar-refractivity contribution in [3.63, 3.8) is 0 Å². The van der Waals surface area contributed by atoms with Crippen molar-refractivity contribution < 1.29 is 9.47 Å². The van der Waals surface area contributed by atoms with Gasteiger partial charge in [0.15, 0.2) is 0 Å². The molecule has 0 amide bonds. The third-order valence-electron chi connectivity index (χ3n) is 4.50. The Morgan fingerprint density at radius 1 is 1.32 bits per heavy atom. The van der Waals surface area contributed by atoms with Crippen LogP contribution in [0.25, 0.3) is 10.9 Å². The highest BCUT2D eigenvalue weighted by Crippen LogP contribution is 2.35. The third kappa shape index (κ3) is 4.84. The summed E-state index contributed by atoms with van der Waals surface area (Å²) in [5.74, 6) is 0.629. The Hall–Kier alpha value is -0.893. The van der Waals surface area contributed by atoms with Crippen molar-refractivity contribution in [3.05, 3.63) is 22.4 Å². The molecule has 0 fully saturated rings. The quantitative estimate of drug-likeness (QED) is 0.450. The molecule has 2 rings (SSSR count). The molecule has 25 heavy (non-hydrogen) atoms. The molecule has 0 aliphatic heterocycles. The van der Waals surface area contributed by atoms with Crippen LogP contribution in [0.1, 0.15) is 18.7 Å². The molecule has 0 bridgehead atoms. The first kappa shape index (κ1) is 20.4. The summed E-state index contributed by atoms with van der Waals surface area (Å²) in [5.41, 5.74) is 2.17. The number of fused-ring (bicyclic) bond motifs is 1. The van der Waals surface area contributed by atoms with E-state index in [1.165, 1.54) is 5.69 Å². The van der Waals surface area contributed by atoms with Crippen molar-refractivity contribution >= 4 is 34.9 Å². The maximum Gasteiger partial charge on any atom is 0.238 e. The number of ether oxygens (including phenoxy) is 2. The monoisotopic (exact) mass is 427 g/mol. The average Bonchev–Trinajstić information content (AvgIpc) is 2.91. The minimum atomic E-state index is -1.10. The molecule has 140 valence electrons. The number of hydrogen-bond acceptors (Lipinski definition) is 4. The van der Waals surface area contributed by atoms with Crippen LogP contribution in [0.5, 0.6) is 5.88 Å². The summed E-state index contributed by atoms with van der Waals surface area (Å²) < 4.78 is 14.7. The first-order valence-corrected chi connectivity index (χ1v) is 13.1. The van der Waals surface area contributed by atoms with Gasteiger partial charge in [-0.15, -0.1) is 0 Å². The van der Waals surface area contributed by atoms with Crippen LogP contribution in [0, 0.1) is 0 Å². The Kier molecular flexibility index (Phi) is 6.70. The largest absolute Gasteiger partial charge is 0.479 e. The molecular weight excluding hydrogens is 398 g/mol. The van der Waals surface area contributed by atoms with Crippen molar-refractivity contribution in [1.82, 2.24) is 14.5 Å². The highest BCUT2D eigenvalue weighted by molar-refractivity contribution is 9.10. The van der Waals surface area contributed by atoms with Crippen LogP contribution in [0.15, 0.2) is 16.7 Å². The van der Waals surface area contributed by atoms with E-state index in [1.54, 1.807) is 13.3 Å². The lowest BCUT2D eigenvalue weighted by molar-refractivity contribution is 0.0854. The highest BCUT2D eigenvalue weighted by Gasteiger charge is 2.21. The summed E-state index contributed by atoms with van der Waals surface area (Å²) in [7, 11) is 4.73. The summed E-state index contributed by atoms with van der Waals surface area (Å²) >= 11 is 3.62. The van der Waals surface area contributed by atoms with E-state index in [0.717, 1.165) is 28.0 Å². The second-order valence-electron chi connectivity index (χ2n) is 7.86. The van der Waals surface area contributed by atoms with E-state index >= 15 is 0 Å². The van der Waals surface area contributed by atoms with Crippen LogP contribution < -0.4 is 4.74 Å². The summed E-state index contributed by atoms with van der Waals surface area (Å²) in [5, 5.41) is 1.10. The summed E-state index contributed by atoms with van der Waals surface area (Å²) in [6.07, 6.45) is 1.79. The maximum atomic E-state index is 6.05. The standard InChI is InChI=1S/C18H30BrN3O2Si/c1-13(21(2)3)16-10-14-15(19)11-20-18(23-4)17(14)22(16)12-24-8-9-25(5,6)7/h10-11,13H,8-9,12H2,1-7H3. The van der Waals surface area contributed by atoms with Gasteiger partial charge in [-0.3, -0.25) is 0 Å². The van der Waals surface area contributed by atoms with E-state index in [2.05, 4.69) is 77.1 Å². The lowest BCUT2D eigenvalue weighted by atomic mass is 10.2. The zero-order valence-electron chi connectivity index (χ0n) is 16.4.